The van der Waals surface area contributed by atoms with Crippen LogP contribution in [-0.4, -0.2) is 37.1 Å². The van der Waals surface area contributed by atoms with Crippen LogP contribution in [0.1, 0.15) is 46.0 Å². The molecule has 15 heavy (non-hydrogen) atoms. The molecule has 1 amide bonds. The maximum Gasteiger partial charge on any atom is 0.275 e. The van der Waals surface area contributed by atoms with Gasteiger partial charge in [0.05, 0.1) is 20.6 Å². The molecule has 0 fully saturated rings. The molecule has 0 saturated carbocycles. The van der Waals surface area contributed by atoms with Gasteiger partial charge in [0, 0.05) is 6.42 Å². The standard InChI is InChI=1S/C12H26N2O/c1-5-7-8-9-11(12(13)15)14(3,4)10-6-2/h11H,5-10H2,1-4H3,(H-,13,15)/p+1. The maximum absolute atomic E-state index is 11.4. The van der Waals surface area contributed by atoms with Crippen LogP contribution in [0.3, 0.4) is 0 Å². The Kier molecular flexibility index (Phi) is 6.57. The summed E-state index contributed by atoms with van der Waals surface area (Å²) < 4.78 is 0.732. The van der Waals surface area contributed by atoms with Crippen molar-refractivity contribution in [1.29, 1.82) is 0 Å². The number of nitrogens with two attached hydrogens (primary N) is 1. The third-order valence-electron chi connectivity index (χ3n) is 3.05. The van der Waals surface area contributed by atoms with E-state index in [0.717, 1.165) is 30.3 Å². The minimum atomic E-state index is -0.149. The van der Waals surface area contributed by atoms with E-state index in [-0.39, 0.29) is 11.9 Å². The molecule has 0 aliphatic heterocycles. The van der Waals surface area contributed by atoms with E-state index < -0.39 is 0 Å². The minimum absolute atomic E-state index is 0.0171. The third kappa shape index (κ3) is 5.17. The van der Waals surface area contributed by atoms with E-state index in [9.17, 15) is 4.79 Å². The first-order valence-electron chi connectivity index (χ1n) is 6.07. The van der Waals surface area contributed by atoms with Crippen molar-refractivity contribution in [2.75, 3.05) is 20.6 Å². The summed E-state index contributed by atoms with van der Waals surface area (Å²) in [6.45, 7) is 5.33. The van der Waals surface area contributed by atoms with Gasteiger partial charge >= 0.3 is 0 Å². The molecular weight excluding hydrogens is 188 g/mol. The number of carbonyl (C=O) groups excluding carboxylic acids is 1. The second-order valence-corrected chi connectivity index (χ2v) is 4.92. The monoisotopic (exact) mass is 215 g/mol. The van der Waals surface area contributed by atoms with E-state index >= 15 is 0 Å². The highest BCUT2D eigenvalue weighted by Crippen LogP contribution is 2.15. The molecule has 1 unspecified atom stereocenters. The molecule has 90 valence electrons. The Morgan fingerprint density at radius 1 is 1.20 bits per heavy atom. The van der Waals surface area contributed by atoms with Gasteiger partial charge in [0.15, 0.2) is 6.04 Å². The summed E-state index contributed by atoms with van der Waals surface area (Å²) >= 11 is 0. The molecule has 0 rings (SSSR count). The van der Waals surface area contributed by atoms with Gasteiger partial charge < -0.3 is 10.2 Å². The third-order valence-corrected chi connectivity index (χ3v) is 3.05. The number of unbranched alkanes of at least 4 members (excludes halogenated alkanes) is 2. The van der Waals surface area contributed by atoms with Crippen molar-refractivity contribution < 1.29 is 9.28 Å². The lowest BCUT2D eigenvalue weighted by Crippen LogP contribution is -2.55. The Labute approximate surface area is 94.2 Å². The van der Waals surface area contributed by atoms with Gasteiger partial charge in [-0.3, -0.25) is 4.79 Å². The number of primary amides is 1. The largest absolute Gasteiger partial charge is 0.365 e. The van der Waals surface area contributed by atoms with Crippen LogP contribution in [-0.2, 0) is 4.79 Å². The number of hydrogen-bond acceptors (Lipinski definition) is 1. The molecule has 3 heteroatoms. The van der Waals surface area contributed by atoms with E-state index in [1.54, 1.807) is 0 Å². The number of hydrogen-bond donors (Lipinski definition) is 1. The average Bonchev–Trinajstić information content (AvgIpc) is 2.11. The van der Waals surface area contributed by atoms with E-state index in [1.807, 2.05) is 0 Å². The Morgan fingerprint density at radius 3 is 2.20 bits per heavy atom. The molecule has 0 aromatic heterocycles. The zero-order valence-corrected chi connectivity index (χ0v) is 10.8. The summed E-state index contributed by atoms with van der Waals surface area (Å²) in [5.74, 6) is -0.149. The van der Waals surface area contributed by atoms with Crippen LogP contribution in [0.4, 0.5) is 0 Å². The molecular formula is C12H27N2O+. The zero-order chi connectivity index (χ0) is 11.9. The van der Waals surface area contributed by atoms with E-state index in [1.165, 1.54) is 12.8 Å². The van der Waals surface area contributed by atoms with Gasteiger partial charge in [-0.15, -0.1) is 0 Å². The molecule has 2 N–H and O–H groups in total. The molecule has 1 atom stereocenters. The highest BCUT2D eigenvalue weighted by atomic mass is 16.1. The van der Waals surface area contributed by atoms with Crippen LogP contribution >= 0.6 is 0 Å². The highest BCUT2D eigenvalue weighted by molar-refractivity contribution is 5.78. The van der Waals surface area contributed by atoms with Crippen molar-refractivity contribution in [3.05, 3.63) is 0 Å². The van der Waals surface area contributed by atoms with Crippen molar-refractivity contribution >= 4 is 5.91 Å². The Morgan fingerprint density at radius 2 is 1.80 bits per heavy atom. The van der Waals surface area contributed by atoms with Gasteiger partial charge in [-0.25, -0.2) is 0 Å². The van der Waals surface area contributed by atoms with Gasteiger partial charge in [-0.05, 0) is 12.8 Å². The summed E-state index contributed by atoms with van der Waals surface area (Å²) in [7, 11) is 4.20. The van der Waals surface area contributed by atoms with Gasteiger partial charge in [-0.2, -0.15) is 0 Å². The lowest BCUT2D eigenvalue weighted by atomic mass is 10.0. The second-order valence-electron chi connectivity index (χ2n) is 4.92. The maximum atomic E-state index is 11.4. The molecule has 0 spiro atoms. The van der Waals surface area contributed by atoms with Gasteiger partial charge in [0.1, 0.15) is 0 Å². The lowest BCUT2D eigenvalue weighted by molar-refractivity contribution is -0.906. The van der Waals surface area contributed by atoms with Crippen molar-refractivity contribution in [2.45, 2.75) is 52.0 Å². The van der Waals surface area contributed by atoms with Gasteiger partial charge in [-0.1, -0.05) is 26.7 Å². The first-order chi connectivity index (χ1) is 6.95. The van der Waals surface area contributed by atoms with Crippen LogP contribution in [0.2, 0.25) is 0 Å². The van der Waals surface area contributed by atoms with Gasteiger partial charge in [0.2, 0.25) is 0 Å². The molecule has 0 aliphatic carbocycles. The number of carbonyl (C=O) groups is 1. The first kappa shape index (κ1) is 14.4. The van der Waals surface area contributed by atoms with Gasteiger partial charge in [0.25, 0.3) is 5.91 Å². The van der Waals surface area contributed by atoms with Crippen molar-refractivity contribution in [2.24, 2.45) is 5.73 Å². The fourth-order valence-corrected chi connectivity index (χ4v) is 2.16. The molecule has 0 bridgehead atoms. The topological polar surface area (TPSA) is 43.1 Å². The number of quaternary nitrogens is 1. The van der Waals surface area contributed by atoms with Crippen LogP contribution in [0, 0.1) is 0 Å². The second kappa shape index (κ2) is 6.83. The lowest BCUT2D eigenvalue weighted by Gasteiger charge is -2.36. The Balaban J connectivity index is 4.30. The molecule has 0 saturated heterocycles. The van der Waals surface area contributed by atoms with E-state index in [0.29, 0.717) is 0 Å². The van der Waals surface area contributed by atoms with Crippen LogP contribution < -0.4 is 5.73 Å². The van der Waals surface area contributed by atoms with Crippen LogP contribution in [0.15, 0.2) is 0 Å². The SMILES string of the molecule is CCCCCC(C(N)=O)[N+](C)(C)CCC. The summed E-state index contributed by atoms with van der Waals surface area (Å²) in [5.41, 5.74) is 5.48. The molecule has 0 radical (unpaired) electrons. The fraction of sp³-hybridized carbons (Fsp3) is 0.917. The first-order valence-corrected chi connectivity index (χ1v) is 6.07. The van der Waals surface area contributed by atoms with E-state index in [2.05, 4.69) is 27.9 Å². The Bertz CT molecular complexity index is 190. The number of amides is 1. The average molecular weight is 215 g/mol. The Hall–Kier alpha value is -0.570. The van der Waals surface area contributed by atoms with Crippen molar-refractivity contribution in [1.82, 2.24) is 0 Å². The number of rotatable bonds is 8. The number of likely N-dealkylation sites (N-methyl/N-ethyl adjacent to an activating group) is 1. The fourth-order valence-electron chi connectivity index (χ4n) is 2.16. The smallest absolute Gasteiger partial charge is 0.275 e. The van der Waals surface area contributed by atoms with Crippen molar-refractivity contribution in [3.8, 4) is 0 Å². The van der Waals surface area contributed by atoms with Crippen LogP contribution in [0.25, 0.3) is 0 Å². The zero-order valence-electron chi connectivity index (χ0n) is 10.8. The summed E-state index contributed by atoms with van der Waals surface area (Å²) in [6, 6.07) is -0.0171. The molecule has 0 aromatic rings. The summed E-state index contributed by atoms with van der Waals surface area (Å²) in [4.78, 5) is 11.4. The van der Waals surface area contributed by atoms with E-state index in [4.69, 9.17) is 5.73 Å². The van der Waals surface area contributed by atoms with Crippen LogP contribution in [0.5, 0.6) is 0 Å². The predicted octanol–water partition coefficient (Wildman–Crippen LogP) is 1.91. The quantitative estimate of drug-likeness (QED) is 0.488. The summed E-state index contributed by atoms with van der Waals surface area (Å²) in [6.07, 6.45) is 5.50. The molecule has 0 aliphatic rings. The number of nitrogens with zero attached hydrogens (tertiary/aromatic N) is 1. The van der Waals surface area contributed by atoms with Crippen molar-refractivity contribution in [3.63, 3.8) is 0 Å². The molecule has 3 nitrogen and oxygen atoms in total. The highest BCUT2D eigenvalue weighted by Gasteiger charge is 2.31. The predicted molar refractivity (Wildman–Crippen MR) is 64.4 cm³/mol. The summed E-state index contributed by atoms with van der Waals surface area (Å²) in [5, 5.41) is 0. The minimum Gasteiger partial charge on any atom is -0.365 e. The normalized spacial score (nSPS) is 13.9. The molecule has 0 aromatic carbocycles. The molecule has 0 heterocycles.